The van der Waals surface area contributed by atoms with E-state index in [1.54, 1.807) is 12.4 Å². The lowest BCUT2D eigenvalue weighted by atomic mass is 10.1. The van der Waals surface area contributed by atoms with Crippen LogP contribution in [0.3, 0.4) is 0 Å². The Kier molecular flexibility index (Phi) is 4.40. The number of hydrogen-bond acceptors (Lipinski definition) is 2. The van der Waals surface area contributed by atoms with Gasteiger partial charge in [-0.15, -0.1) is 11.6 Å². The van der Waals surface area contributed by atoms with Crippen molar-refractivity contribution in [1.82, 2.24) is 10.3 Å². The van der Waals surface area contributed by atoms with E-state index in [2.05, 4.69) is 10.3 Å². The van der Waals surface area contributed by atoms with Crippen LogP contribution in [0.2, 0.25) is 0 Å². The van der Waals surface area contributed by atoms with Gasteiger partial charge in [0.25, 0.3) is 0 Å². The molecule has 0 aliphatic carbocycles. The Morgan fingerprint density at radius 1 is 1.57 bits per heavy atom. The standard InChI is InChI=1S/C10H13ClN2O/c1-8(13-10(14)2-5-11)9-3-6-12-7-4-9/h3-4,6-8H,2,5H2,1H3,(H,13,14). The van der Waals surface area contributed by atoms with Crippen LogP contribution in [-0.4, -0.2) is 16.8 Å². The fraction of sp³-hybridized carbons (Fsp3) is 0.400. The second-order valence-electron chi connectivity index (χ2n) is 3.01. The first-order chi connectivity index (χ1) is 6.74. The van der Waals surface area contributed by atoms with Gasteiger partial charge in [0, 0.05) is 24.7 Å². The summed E-state index contributed by atoms with van der Waals surface area (Å²) >= 11 is 5.46. The Balaban J connectivity index is 2.50. The molecule has 1 amide bonds. The van der Waals surface area contributed by atoms with Crippen LogP contribution in [0.1, 0.15) is 24.9 Å². The summed E-state index contributed by atoms with van der Waals surface area (Å²) in [5, 5.41) is 2.85. The maximum atomic E-state index is 11.2. The minimum atomic E-state index is -0.0238. The van der Waals surface area contributed by atoms with Gasteiger partial charge in [0.15, 0.2) is 0 Å². The molecule has 1 atom stereocenters. The summed E-state index contributed by atoms with van der Waals surface area (Å²) < 4.78 is 0. The average Bonchev–Trinajstić information content (AvgIpc) is 2.19. The first-order valence-corrected chi connectivity index (χ1v) is 5.02. The van der Waals surface area contributed by atoms with E-state index in [0.717, 1.165) is 5.56 Å². The highest BCUT2D eigenvalue weighted by Crippen LogP contribution is 2.09. The fourth-order valence-corrected chi connectivity index (χ4v) is 1.31. The van der Waals surface area contributed by atoms with Gasteiger partial charge in [0.05, 0.1) is 6.04 Å². The van der Waals surface area contributed by atoms with E-state index in [9.17, 15) is 4.79 Å². The third-order valence-electron chi connectivity index (χ3n) is 1.91. The molecule has 76 valence electrons. The molecule has 1 heterocycles. The molecule has 4 heteroatoms. The van der Waals surface area contributed by atoms with Crippen LogP contribution in [0.4, 0.5) is 0 Å². The molecule has 0 saturated carbocycles. The van der Waals surface area contributed by atoms with Gasteiger partial charge >= 0.3 is 0 Å². The summed E-state index contributed by atoms with van der Waals surface area (Å²) in [4.78, 5) is 15.1. The largest absolute Gasteiger partial charge is 0.350 e. The fourth-order valence-electron chi connectivity index (χ4n) is 1.13. The summed E-state index contributed by atoms with van der Waals surface area (Å²) in [6.07, 6.45) is 3.77. The number of pyridine rings is 1. The molecule has 1 aromatic rings. The van der Waals surface area contributed by atoms with Crippen molar-refractivity contribution in [2.45, 2.75) is 19.4 Å². The Morgan fingerprint density at radius 3 is 2.79 bits per heavy atom. The number of rotatable bonds is 4. The predicted molar refractivity (Wildman–Crippen MR) is 56.1 cm³/mol. The highest BCUT2D eigenvalue weighted by atomic mass is 35.5. The molecular formula is C10H13ClN2O. The Labute approximate surface area is 88.5 Å². The van der Waals surface area contributed by atoms with E-state index >= 15 is 0 Å². The molecule has 14 heavy (non-hydrogen) atoms. The number of carbonyl (C=O) groups excluding carboxylic acids is 1. The summed E-state index contributed by atoms with van der Waals surface area (Å²) in [5.74, 6) is 0.332. The van der Waals surface area contributed by atoms with Crippen LogP contribution in [0, 0.1) is 0 Å². The van der Waals surface area contributed by atoms with Crippen molar-refractivity contribution in [3.63, 3.8) is 0 Å². The Hall–Kier alpha value is -1.09. The summed E-state index contributed by atoms with van der Waals surface area (Å²) in [5.41, 5.74) is 1.04. The lowest BCUT2D eigenvalue weighted by Crippen LogP contribution is -2.26. The smallest absolute Gasteiger partial charge is 0.221 e. The summed E-state index contributed by atoms with van der Waals surface area (Å²) in [6, 6.07) is 3.77. The highest BCUT2D eigenvalue weighted by molar-refractivity contribution is 6.18. The van der Waals surface area contributed by atoms with Crippen molar-refractivity contribution in [1.29, 1.82) is 0 Å². The zero-order valence-corrected chi connectivity index (χ0v) is 8.79. The molecule has 0 saturated heterocycles. The number of nitrogens with one attached hydrogen (secondary N) is 1. The molecule has 1 N–H and O–H groups in total. The normalized spacial score (nSPS) is 12.1. The lowest BCUT2D eigenvalue weighted by molar-refractivity contribution is -0.121. The quantitative estimate of drug-likeness (QED) is 0.775. The molecule has 0 bridgehead atoms. The predicted octanol–water partition coefficient (Wildman–Crippen LogP) is 1.89. The van der Waals surface area contributed by atoms with Crippen molar-refractivity contribution >= 4 is 17.5 Å². The molecule has 1 rings (SSSR count). The summed E-state index contributed by atoms with van der Waals surface area (Å²) in [6.45, 7) is 1.93. The highest BCUT2D eigenvalue weighted by Gasteiger charge is 2.07. The van der Waals surface area contributed by atoms with Gasteiger partial charge in [-0.3, -0.25) is 9.78 Å². The van der Waals surface area contributed by atoms with E-state index in [4.69, 9.17) is 11.6 Å². The van der Waals surface area contributed by atoms with Crippen LogP contribution < -0.4 is 5.32 Å². The minimum absolute atomic E-state index is 0.00807. The van der Waals surface area contributed by atoms with Gasteiger partial charge in [-0.25, -0.2) is 0 Å². The van der Waals surface area contributed by atoms with Crippen molar-refractivity contribution in [2.24, 2.45) is 0 Å². The number of carbonyl (C=O) groups is 1. The molecule has 3 nitrogen and oxygen atoms in total. The first-order valence-electron chi connectivity index (χ1n) is 4.49. The maximum Gasteiger partial charge on any atom is 0.221 e. The van der Waals surface area contributed by atoms with Gasteiger partial charge in [-0.2, -0.15) is 0 Å². The molecule has 0 aromatic carbocycles. The number of amides is 1. The van der Waals surface area contributed by atoms with E-state index in [-0.39, 0.29) is 11.9 Å². The van der Waals surface area contributed by atoms with E-state index in [1.165, 1.54) is 0 Å². The third-order valence-corrected chi connectivity index (χ3v) is 2.09. The SMILES string of the molecule is CC(NC(=O)CCCl)c1ccncc1. The second kappa shape index (κ2) is 5.60. The number of aromatic nitrogens is 1. The van der Waals surface area contributed by atoms with Crippen molar-refractivity contribution in [3.8, 4) is 0 Å². The van der Waals surface area contributed by atoms with Crippen LogP contribution in [0.25, 0.3) is 0 Å². The Morgan fingerprint density at radius 2 is 2.21 bits per heavy atom. The van der Waals surface area contributed by atoms with Crippen molar-refractivity contribution in [3.05, 3.63) is 30.1 Å². The molecule has 0 spiro atoms. The van der Waals surface area contributed by atoms with Crippen LogP contribution >= 0.6 is 11.6 Å². The van der Waals surface area contributed by atoms with Crippen molar-refractivity contribution in [2.75, 3.05) is 5.88 Å². The van der Waals surface area contributed by atoms with Crippen LogP contribution in [-0.2, 0) is 4.79 Å². The zero-order chi connectivity index (χ0) is 10.4. The molecule has 0 radical (unpaired) electrons. The number of hydrogen-bond donors (Lipinski definition) is 1. The first kappa shape index (κ1) is 11.0. The number of alkyl halides is 1. The minimum Gasteiger partial charge on any atom is -0.350 e. The molecule has 0 aliphatic rings. The number of halogens is 1. The van der Waals surface area contributed by atoms with Gasteiger partial charge in [0.2, 0.25) is 5.91 Å². The molecule has 0 aliphatic heterocycles. The lowest BCUT2D eigenvalue weighted by Gasteiger charge is -2.13. The van der Waals surface area contributed by atoms with Crippen molar-refractivity contribution < 1.29 is 4.79 Å². The zero-order valence-electron chi connectivity index (χ0n) is 8.03. The van der Waals surface area contributed by atoms with E-state index in [1.807, 2.05) is 19.1 Å². The number of nitrogens with zero attached hydrogens (tertiary/aromatic N) is 1. The molecule has 1 aromatic heterocycles. The van der Waals surface area contributed by atoms with Gasteiger partial charge in [-0.05, 0) is 24.6 Å². The second-order valence-corrected chi connectivity index (χ2v) is 3.39. The van der Waals surface area contributed by atoms with Gasteiger partial charge < -0.3 is 5.32 Å². The topological polar surface area (TPSA) is 42.0 Å². The van der Waals surface area contributed by atoms with Crippen LogP contribution in [0.5, 0.6) is 0 Å². The molecular weight excluding hydrogens is 200 g/mol. The third kappa shape index (κ3) is 3.34. The van der Waals surface area contributed by atoms with E-state index < -0.39 is 0 Å². The average molecular weight is 213 g/mol. The van der Waals surface area contributed by atoms with Gasteiger partial charge in [0.1, 0.15) is 0 Å². The monoisotopic (exact) mass is 212 g/mol. The molecule has 0 fully saturated rings. The van der Waals surface area contributed by atoms with Gasteiger partial charge in [-0.1, -0.05) is 0 Å². The van der Waals surface area contributed by atoms with Crippen LogP contribution in [0.15, 0.2) is 24.5 Å². The Bertz CT molecular complexity index is 289. The summed E-state index contributed by atoms with van der Waals surface area (Å²) in [7, 11) is 0. The van der Waals surface area contributed by atoms with E-state index in [0.29, 0.717) is 12.3 Å². The molecule has 1 unspecified atom stereocenters. The maximum absolute atomic E-state index is 11.2.